The van der Waals surface area contributed by atoms with Gasteiger partial charge in [0.05, 0.1) is 28.6 Å². The molecule has 2 N–H and O–H groups in total. The lowest BCUT2D eigenvalue weighted by Crippen LogP contribution is -2.12. The quantitative estimate of drug-likeness (QED) is 0.666. The average molecular weight is 268 g/mol. The summed E-state index contributed by atoms with van der Waals surface area (Å²) in [7, 11) is 0. The second-order valence-electron chi connectivity index (χ2n) is 3.53. The van der Waals surface area contributed by atoms with Gasteiger partial charge in [0.1, 0.15) is 12.2 Å². The Balaban J connectivity index is 2.42. The van der Waals surface area contributed by atoms with Crippen molar-refractivity contribution < 1.29 is 4.92 Å². The van der Waals surface area contributed by atoms with Crippen molar-refractivity contribution in [2.24, 2.45) is 5.73 Å². The monoisotopic (exact) mass is 267 g/mol. The maximum absolute atomic E-state index is 10.9. The summed E-state index contributed by atoms with van der Waals surface area (Å²) in [5, 5.41) is 15.2. The summed E-state index contributed by atoms with van der Waals surface area (Å²) in [6.07, 6.45) is 1.35. The third-order valence-corrected chi connectivity index (χ3v) is 2.83. The molecular weight excluding hydrogens is 258 g/mol. The van der Waals surface area contributed by atoms with Crippen molar-refractivity contribution in [3.8, 4) is 0 Å². The lowest BCUT2D eigenvalue weighted by atomic mass is 10.2. The van der Waals surface area contributed by atoms with E-state index in [9.17, 15) is 10.1 Å². The van der Waals surface area contributed by atoms with Gasteiger partial charge in [-0.15, -0.1) is 0 Å². The third kappa shape index (κ3) is 2.31. The van der Waals surface area contributed by atoms with Crippen molar-refractivity contribution in [3.63, 3.8) is 0 Å². The Morgan fingerprint density at radius 1 is 1.50 bits per heavy atom. The minimum atomic E-state index is -0.472. The van der Waals surface area contributed by atoms with Gasteiger partial charge in [0.2, 0.25) is 0 Å². The van der Waals surface area contributed by atoms with Crippen LogP contribution in [0.25, 0.3) is 0 Å². The molecule has 0 aliphatic heterocycles. The van der Waals surface area contributed by atoms with Crippen LogP contribution in [0.2, 0.25) is 5.02 Å². The summed E-state index contributed by atoms with van der Waals surface area (Å²) >= 11 is 5.99. The van der Waals surface area contributed by atoms with Crippen molar-refractivity contribution in [1.29, 1.82) is 0 Å². The predicted molar refractivity (Wildman–Crippen MR) is 65.1 cm³/mol. The fraction of sp³-hybridized carbons (Fsp3) is 0.200. The molecule has 8 heteroatoms. The molecule has 0 fully saturated rings. The van der Waals surface area contributed by atoms with Gasteiger partial charge in [0.15, 0.2) is 0 Å². The molecule has 0 radical (unpaired) electrons. The van der Waals surface area contributed by atoms with Crippen LogP contribution in [-0.4, -0.2) is 19.7 Å². The molecule has 0 aliphatic rings. The standard InChI is InChI=1S/C10H10ClN5O2/c11-8-2-1-3-9(16(17)18)7(8)5-15-10(4-12)13-6-14-15/h1-3,6H,4-5,12H2. The van der Waals surface area contributed by atoms with Gasteiger partial charge >= 0.3 is 0 Å². The van der Waals surface area contributed by atoms with Crippen LogP contribution in [0.3, 0.4) is 0 Å². The molecule has 0 unspecified atom stereocenters. The summed E-state index contributed by atoms with van der Waals surface area (Å²) in [6.45, 7) is 0.376. The molecule has 0 spiro atoms. The number of halogens is 1. The van der Waals surface area contributed by atoms with Gasteiger partial charge in [0, 0.05) is 6.07 Å². The van der Waals surface area contributed by atoms with Gasteiger partial charge in [-0.3, -0.25) is 10.1 Å². The van der Waals surface area contributed by atoms with Gasteiger partial charge in [-0.1, -0.05) is 17.7 Å². The van der Waals surface area contributed by atoms with E-state index in [0.717, 1.165) is 0 Å². The lowest BCUT2D eigenvalue weighted by Gasteiger charge is -2.07. The molecule has 7 nitrogen and oxygen atoms in total. The highest BCUT2D eigenvalue weighted by molar-refractivity contribution is 6.31. The van der Waals surface area contributed by atoms with Crippen LogP contribution in [-0.2, 0) is 13.1 Å². The zero-order chi connectivity index (χ0) is 13.1. The van der Waals surface area contributed by atoms with E-state index >= 15 is 0 Å². The summed E-state index contributed by atoms with van der Waals surface area (Å²) in [4.78, 5) is 14.4. The number of benzene rings is 1. The number of nitro groups is 1. The SMILES string of the molecule is NCc1ncnn1Cc1c(Cl)cccc1[N+](=O)[O-]. The van der Waals surface area contributed by atoms with E-state index in [4.69, 9.17) is 17.3 Å². The molecule has 0 saturated carbocycles. The fourth-order valence-electron chi connectivity index (χ4n) is 1.60. The number of hydrogen-bond donors (Lipinski definition) is 1. The lowest BCUT2D eigenvalue weighted by molar-refractivity contribution is -0.385. The minimum Gasteiger partial charge on any atom is -0.324 e. The molecule has 0 atom stereocenters. The van der Waals surface area contributed by atoms with Crippen molar-refractivity contribution in [2.75, 3.05) is 0 Å². The van der Waals surface area contributed by atoms with E-state index in [1.807, 2.05) is 0 Å². The maximum Gasteiger partial charge on any atom is 0.275 e. The molecule has 0 aliphatic carbocycles. The number of rotatable bonds is 4. The average Bonchev–Trinajstić information content (AvgIpc) is 2.78. The first-order valence-corrected chi connectivity index (χ1v) is 5.49. The zero-order valence-corrected chi connectivity index (χ0v) is 10.0. The minimum absolute atomic E-state index is 0.0408. The van der Waals surface area contributed by atoms with Crippen LogP contribution in [0, 0.1) is 10.1 Å². The fourth-order valence-corrected chi connectivity index (χ4v) is 1.83. The number of nitrogens with zero attached hydrogens (tertiary/aromatic N) is 4. The predicted octanol–water partition coefficient (Wildman–Crippen LogP) is 1.35. The topological polar surface area (TPSA) is 99.9 Å². The van der Waals surface area contributed by atoms with Crippen molar-refractivity contribution in [2.45, 2.75) is 13.1 Å². The van der Waals surface area contributed by atoms with E-state index in [-0.39, 0.29) is 18.8 Å². The first-order valence-electron chi connectivity index (χ1n) is 5.12. The Morgan fingerprint density at radius 2 is 2.28 bits per heavy atom. The van der Waals surface area contributed by atoms with E-state index < -0.39 is 4.92 Å². The van der Waals surface area contributed by atoms with Crippen molar-refractivity contribution in [3.05, 3.63) is 51.1 Å². The van der Waals surface area contributed by atoms with Gasteiger partial charge in [0.25, 0.3) is 5.69 Å². The van der Waals surface area contributed by atoms with Crippen LogP contribution in [0.1, 0.15) is 11.4 Å². The Morgan fingerprint density at radius 3 is 2.94 bits per heavy atom. The number of hydrogen-bond acceptors (Lipinski definition) is 5. The van der Waals surface area contributed by atoms with Gasteiger partial charge in [-0.25, -0.2) is 9.67 Å². The van der Waals surface area contributed by atoms with E-state index in [1.54, 1.807) is 6.07 Å². The number of nitrogens with two attached hydrogens (primary N) is 1. The van der Waals surface area contributed by atoms with Crippen molar-refractivity contribution >= 4 is 17.3 Å². The molecule has 1 heterocycles. The largest absolute Gasteiger partial charge is 0.324 e. The Hall–Kier alpha value is -1.99. The van der Waals surface area contributed by atoms with Gasteiger partial charge in [-0.2, -0.15) is 5.10 Å². The first-order chi connectivity index (χ1) is 8.63. The zero-order valence-electron chi connectivity index (χ0n) is 9.28. The molecule has 0 saturated heterocycles. The van der Waals surface area contributed by atoms with E-state index in [0.29, 0.717) is 16.4 Å². The van der Waals surface area contributed by atoms with Crippen LogP contribution in [0.4, 0.5) is 5.69 Å². The van der Waals surface area contributed by atoms with Crippen LogP contribution < -0.4 is 5.73 Å². The number of aromatic nitrogens is 3. The van der Waals surface area contributed by atoms with Gasteiger partial charge < -0.3 is 5.73 Å². The molecular formula is C10H10ClN5O2. The van der Waals surface area contributed by atoms with Gasteiger partial charge in [-0.05, 0) is 6.07 Å². The Kier molecular flexibility index (Phi) is 3.54. The molecule has 0 amide bonds. The first kappa shape index (κ1) is 12.5. The number of nitro benzene ring substituents is 1. The van der Waals surface area contributed by atoms with Crippen LogP contribution in [0.5, 0.6) is 0 Å². The summed E-state index contributed by atoms with van der Waals surface area (Å²) in [5.74, 6) is 0.546. The van der Waals surface area contributed by atoms with Crippen molar-refractivity contribution in [1.82, 2.24) is 14.8 Å². The molecule has 0 bridgehead atoms. The molecule has 2 aromatic rings. The molecule has 18 heavy (non-hydrogen) atoms. The molecule has 2 rings (SSSR count). The highest BCUT2D eigenvalue weighted by Crippen LogP contribution is 2.26. The third-order valence-electron chi connectivity index (χ3n) is 2.48. The molecule has 94 valence electrons. The summed E-state index contributed by atoms with van der Waals surface area (Å²) in [6, 6.07) is 4.54. The highest BCUT2D eigenvalue weighted by atomic mass is 35.5. The van der Waals surface area contributed by atoms with E-state index in [1.165, 1.54) is 23.1 Å². The Bertz CT molecular complexity index is 583. The summed E-state index contributed by atoms with van der Waals surface area (Å²) in [5.41, 5.74) is 5.85. The summed E-state index contributed by atoms with van der Waals surface area (Å²) < 4.78 is 1.49. The second-order valence-corrected chi connectivity index (χ2v) is 3.94. The smallest absolute Gasteiger partial charge is 0.275 e. The maximum atomic E-state index is 10.9. The molecule has 1 aromatic heterocycles. The highest BCUT2D eigenvalue weighted by Gasteiger charge is 2.18. The second kappa shape index (κ2) is 5.11. The van der Waals surface area contributed by atoms with Crippen LogP contribution >= 0.6 is 11.6 Å². The molecule has 1 aromatic carbocycles. The van der Waals surface area contributed by atoms with Crippen LogP contribution in [0.15, 0.2) is 24.5 Å². The normalized spacial score (nSPS) is 10.6. The Labute approximate surface area is 107 Å². The van der Waals surface area contributed by atoms with E-state index in [2.05, 4.69) is 10.1 Å².